The molecule has 0 spiro atoms. The number of hydrogen-bond donors (Lipinski definition) is 0. The first kappa shape index (κ1) is 18.6. The van der Waals surface area contributed by atoms with Crippen molar-refractivity contribution in [2.75, 3.05) is 19.7 Å². The number of aryl methyl sites for hydroxylation is 1. The van der Waals surface area contributed by atoms with Gasteiger partial charge in [-0.25, -0.2) is 0 Å². The molecule has 1 atom stereocenters. The van der Waals surface area contributed by atoms with Crippen LogP contribution in [0.5, 0.6) is 0 Å². The zero-order valence-corrected chi connectivity index (χ0v) is 15.5. The fraction of sp³-hybridized carbons (Fsp3) is 0.278. The molecule has 2 aromatic rings. The van der Waals surface area contributed by atoms with Crippen LogP contribution in [-0.4, -0.2) is 35.4 Å². The first-order valence-electron chi connectivity index (χ1n) is 7.97. The number of nitro groups is 1. The third-order valence-corrected chi connectivity index (χ3v) is 4.69. The summed E-state index contributed by atoms with van der Waals surface area (Å²) in [7, 11) is 0. The van der Waals surface area contributed by atoms with Crippen LogP contribution in [0.25, 0.3) is 0 Å². The maximum Gasteiger partial charge on any atom is 0.272 e. The van der Waals surface area contributed by atoms with E-state index in [1.807, 2.05) is 0 Å². The van der Waals surface area contributed by atoms with E-state index in [0.29, 0.717) is 40.9 Å². The fourth-order valence-electron chi connectivity index (χ4n) is 2.97. The van der Waals surface area contributed by atoms with E-state index in [0.717, 1.165) is 5.56 Å². The third kappa shape index (κ3) is 3.98. The molecule has 0 saturated carbocycles. The second kappa shape index (κ2) is 7.61. The van der Waals surface area contributed by atoms with Crippen molar-refractivity contribution in [2.24, 2.45) is 0 Å². The van der Waals surface area contributed by atoms with Crippen LogP contribution in [0, 0.1) is 17.0 Å². The van der Waals surface area contributed by atoms with Crippen molar-refractivity contribution in [1.29, 1.82) is 0 Å². The molecule has 0 aliphatic carbocycles. The molecule has 0 aromatic heterocycles. The molecule has 1 unspecified atom stereocenters. The lowest BCUT2D eigenvalue weighted by molar-refractivity contribution is -0.385. The Morgan fingerprint density at radius 3 is 2.54 bits per heavy atom. The number of carbonyl (C=O) groups excluding carboxylic acids is 1. The summed E-state index contributed by atoms with van der Waals surface area (Å²) >= 11 is 12.1. The molecular formula is C18H16Cl2N2O4. The molecule has 1 aliphatic rings. The molecule has 3 rings (SSSR count). The van der Waals surface area contributed by atoms with Gasteiger partial charge in [0, 0.05) is 33.8 Å². The summed E-state index contributed by atoms with van der Waals surface area (Å²) in [5.74, 6) is -0.190. The lowest BCUT2D eigenvalue weighted by Crippen LogP contribution is -2.42. The lowest BCUT2D eigenvalue weighted by Gasteiger charge is -2.33. The zero-order valence-electron chi connectivity index (χ0n) is 13.9. The smallest absolute Gasteiger partial charge is 0.272 e. The van der Waals surface area contributed by atoms with Crippen molar-refractivity contribution < 1.29 is 14.5 Å². The van der Waals surface area contributed by atoms with Gasteiger partial charge < -0.3 is 9.64 Å². The van der Waals surface area contributed by atoms with E-state index in [2.05, 4.69) is 0 Å². The summed E-state index contributed by atoms with van der Waals surface area (Å²) < 4.78 is 5.76. The highest BCUT2D eigenvalue weighted by Crippen LogP contribution is 2.29. The monoisotopic (exact) mass is 394 g/mol. The number of nitro benzene ring substituents is 1. The number of rotatable bonds is 3. The van der Waals surface area contributed by atoms with Crippen LogP contribution >= 0.6 is 23.2 Å². The molecule has 1 saturated heterocycles. The molecule has 1 aliphatic heterocycles. The van der Waals surface area contributed by atoms with Crippen molar-refractivity contribution in [1.82, 2.24) is 4.90 Å². The molecule has 1 amide bonds. The fourth-order valence-corrected chi connectivity index (χ4v) is 3.52. The van der Waals surface area contributed by atoms with E-state index < -0.39 is 4.92 Å². The zero-order chi connectivity index (χ0) is 18.8. The van der Waals surface area contributed by atoms with E-state index in [9.17, 15) is 14.9 Å². The Morgan fingerprint density at radius 1 is 1.23 bits per heavy atom. The third-order valence-electron chi connectivity index (χ3n) is 4.25. The van der Waals surface area contributed by atoms with E-state index >= 15 is 0 Å². The number of carbonyl (C=O) groups is 1. The van der Waals surface area contributed by atoms with Crippen LogP contribution in [0.1, 0.15) is 27.6 Å². The molecule has 136 valence electrons. The van der Waals surface area contributed by atoms with Gasteiger partial charge in [-0.05, 0) is 42.8 Å². The molecule has 1 heterocycles. The average molecular weight is 395 g/mol. The molecule has 0 radical (unpaired) electrons. The lowest BCUT2D eigenvalue weighted by atomic mass is 10.1. The van der Waals surface area contributed by atoms with Crippen molar-refractivity contribution in [3.8, 4) is 0 Å². The van der Waals surface area contributed by atoms with Crippen LogP contribution in [0.3, 0.4) is 0 Å². The van der Waals surface area contributed by atoms with Gasteiger partial charge in [0.05, 0.1) is 18.1 Å². The highest BCUT2D eigenvalue weighted by atomic mass is 35.5. The molecule has 1 fully saturated rings. The van der Waals surface area contributed by atoms with Gasteiger partial charge in [-0.15, -0.1) is 0 Å². The van der Waals surface area contributed by atoms with E-state index in [1.165, 1.54) is 12.1 Å². The Kier molecular flexibility index (Phi) is 5.46. The van der Waals surface area contributed by atoms with Gasteiger partial charge in [0.2, 0.25) is 0 Å². The minimum atomic E-state index is -0.461. The van der Waals surface area contributed by atoms with Crippen LogP contribution in [-0.2, 0) is 4.74 Å². The normalized spacial score (nSPS) is 17.2. The largest absolute Gasteiger partial charge is 0.370 e. The quantitative estimate of drug-likeness (QED) is 0.570. The number of benzene rings is 2. The van der Waals surface area contributed by atoms with Gasteiger partial charge in [0.25, 0.3) is 11.6 Å². The van der Waals surface area contributed by atoms with Gasteiger partial charge in [0.1, 0.15) is 6.10 Å². The minimum absolute atomic E-state index is 0.00465. The Labute approximate surface area is 160 Å². The van der Waals surface area contributed by atoms with Crippen LogP contribution in [0.15, 0.2) is 36.4 Å². The molecular weight excluding hydrogens is 379 g/mol. The van der Waals surface area contributed by atoms with Gasteiger partial charge in [-0.2, -0.15) is 0 Å². The predicted molar refractivity (Wildman–Crippen MR) is 98.9 cm³/mol. The van der Waals surface area contributed by atoms with Crippen molar-refractivity contribution in [3.63, 3.8) is 0 Å². The Hall–Kier alpha value is -2.15. The number of amides is 1. The number of halogens is 2. The summed E-state index contributed by atoms with van der Waals surface area (Å²) in [5.41, 5.74) is 1.67. The summed E-state index contributed by atoms with van der Waals surface area (Å²) in [6.45, 7) is 2.79. The summed E-state index contributed by atoms with van der Waals surface area (Å²) in [6, 6.07) is 9.55. The molecule has 2 aromatic carbocycles. The predicted octanol–water partition coefficient (Wildman–Crippen LogP) is 4.42. The van der Waals surface area contributed by atoms with E-state index in [1.54, 1.807) is 36.1 Å². The first-order valence-corrected chi connectivity index (χ1v) is 8.72. The van der Waals surface area contributed by atoms with Gasteiger partial charge >= 0.3 is 0 Å². The highest BCUT2D eigenvalue weighted by Gasteiger charge is 2.27. The topological polar surface area (TPSA) is 72.7 Å². The Bertz CT molecular complexity index is 852. The molecule has 0 N–H and O–H groups in total. The van der Waals surface area contributed by atoms with Crippen LogP contribution in [0.2, 0.25) is 10.0 Å². The second-order valence-corrected chi connectivity index (χ2v) is 6.94. The van der Waals surface area contributed by atoms with Crippen LogP contribution < -0.4 is 0 Å². The minimum Gasteiger partial charge on any atom is -0.370 e. The van der Waals surface area contributed by atoms with Crippen molar-refractivity contribution >= 4 is 34.8 Å². The Balaban J connectivity index is 1.80. The summed E-state index contributed by atoms with van der Waals surface area (Å²) in [4.78, 5) is 24.9. The molecule has 6 nitrogen and oxygen atoms in total. The molecule has 0 bridgehead atoms. The SMILES string of the molecule is Cc1cc(C(=O)N2CCOC(c3cc(Cl)cc(Cl)c3)C2)ccc1[N+](=O)[O-]. The van der Waals surface area contributed by atoms with Gasteiger partial charge in [-0.3, -0.25) is 14.9 Å². The second-order valence-electron chi connectivity index (χ2n) is 6.07. The van der Waals surface area contributed by atoms with Crippen LogP contribution in [0.4, 0.5) is 5.69 Å². The number of hydrogen-bond acceptors (Lipinski definition) is 4. The highest BCUT2D eigenvalue weighted by molar-refractivity contribution is 6.34. The first-order chi connectivity index (χ1) is 12.3. The van der Waals surface area contributed by atoms with Crippen molar-refractivity contribution in [2.45, 2.75) is 13.0 Å². The van der Waals surface area contributed by atoms with Gasteiger partial charge in [0.15, 0.2) is 0 Å². The Morgan fingerprint density at radius 2 is 1.92 bits per heavy atom. The van der Waals surface area contributed by atoms with E-state index in [-0.39, 0.29) is 17.7 Å². The maximum absolute atomic E-state index is 12.8. The maximum atomic E-state index is 12.8. The van der Waals surface area contributed by atoms with E-state index in [4.69, 9.17) is 27.9 Å². The molecule has 26 heavy (non-hydrogen) atoms. The summed E-state index contributed by atoms with van der Waals surface area (Å²) in [5, 5.41) is 11.9. The standard InChI is InChI=1S/C18H16Cl2N2O4/c1-11-6-12(2-3-16(11)22(24)25)18(23)21-4-5-26-17(10-21)13-7-14(19)9-15(20)8-13/h2-3,6-9,17H,4-5,10H2,1H3. The average Bonchev–Trinajstić information content (AvgIpc) is 2.60. The number of nitrogens with zero attached hydrogens (tertiary/aromatic N) is 2. The van der Waals surface area contributed by atoms with Gasteiger partial charge in [-0.1, -0.05) is 23.2 Å². The van der Waals surface area contributed by atoms with Crippen molar-refractivity contribution in [3.05, 3.63) is 73.2 Å². The number of ether oxygens (including phenoxy) is 1. The number of morpholine rings is 1. The molecule has 8 heteroatoms. The summed E-state index contributed by atoms with van der Waals surface area (Å²) in [6.07, 6.45) is -0.331.